The summed E-state index contributed by atoms with van der Waals surface area (Å²) in [6.07, 6.45) is 13.1. The first-order chi connectivity index (χ1) is 48.2. The molecule has 12 aromatic rings. The van der Waals surface area contributed by atoms with Crippen LogP contribution in [-0.4, -0.2) is 140 Å². The number of nitrogens with one attached hydrogen (secondary N) is 3. The van der Waals surface area contributed by atoms with Crippen molar-refractivity contribution in [2.24, 2.45) is 22.9 Å². The third kappa shape index (κ3) is 18.8. The number of amides is 7. The molecule has 540 valence electrons. The average Bonchev–Trinajstić information content (AvgIpc) is 1.74. The first-order valence-electron chi connectivity index (χ1n) is 30.9. The van der Waals surface area contributed by atoms with E-state index < -0.39 is 41.4 Å². The molecule has 0 aliphatic carbocycles. The van der Waals surface area contributed by atoms with Crippen LogP contribution in [0.25, 0.3) is 44.4 Å². The molecule has 0 saturated carbocycles. The van der Waals surface area contributed by atoms with Gasteiger partial charge in [-0.25, -0.2) is 44.7 Å². The second-order valence-electron chi connectivity index (χ2n) is 22.2. The number of carbonyl (C=O) groups is 8. The van der Waals surface area contributed by atoms with Gasteiger partial charge in [-0.05, 0) is 116 Å². The average molecular weight is 1740 g/mol. The molecule has 0 unspecified atom stereocenters. The molecule has 14 N–H and O–H groups in total. The second kappa shape index (κ2) is 36.0. The zero-order valence-electron chi connectivity index (χ0n) is 57.9. The number of aromatic nitrogens is 16. The van der Waals surface area contributed by atoms with E-state index in [1.54, 1.807) is 74.8 Å². The second-order valence-corrected chi connectivity index (χ2v) is 24.7. The number of carbonyl (C=O) groups excluding carboxylic acids is 7. The van der Waals surface area contributed by atoms with Crippen LogP contribution < -0.4 is 44.6 Å². The number of halogens is 3. The van der Waals surface area contributed by atoms with Crippen molar-refractivity contribution in [3.8, 4) is 0 Å². The topological polar surface area (TPSA) is 481 Å². The number of imidazole rings is 4. The fraction of sp³-hybridized carbons (Fsp3) is 0.219. The van der Waals surface area contributed by atoms with Crippen LogP contribution in [0.3, 0.4) is 0 Å². The van der Waals surface area contributed by atoms with Crippen LogP contribution in [0.5, 0.6) is 0 Å². The molecule has 33 nitrogen and oxygen atoms in total. The Balaban J connectivity index is 0.000000322. The number of primary amides is 4. The summed E-state index contributed by atoms with van der Waals surface area (Å²) in [6, 6.07) is 13.0. The number of rotatable bonds is 21. The normalized spacial score (nSPS) is 10.9. The van der Waals surface area contributed by atoms with Crippen LogP contribution in [0.2, 0.25) is 0 Å². The fourth-order valence-electron chi connectivity index (χ4n) is 10.6. The molecular formula is C64H70BCl3N24O9S2U. The van der Waals surface area contributed by atoms with Crippen molar-refractivity contribution >= 4 is 184 Å². The van der Waals surface area contributed by atoms with Crippen molar-refractivity contribution in [2.45, 2.75) is 94.7 Å². The fourth-order valence-corrected chi connectivity index (χ4v) is 11.9. The smallest absolute Gasteiger partial charge is 0.347 e. The molecule has 10 aromatic heterocycles. The van der Waals surface area contributed by atoms with Gasteiger partial charge in [0.25, 0.3) is 17.7 Å². The number of carboxylic acid groups (broad SMARTS) is 1. The van der Waals surface area contributed by atoms with Crippen molar-refractivity contribution in [2.75, 3.05) is 21.7 Å². The van der Waals surface area contributed by atoms with Gasteiger partial charge in [0.2, 0.25) is 47.4 Å². The molecule has 0 spiro atoms. The molecule has 104 heavy (non-hydrogen) atoms. The number of aryl methyl sites for hydroxylation is 8. The van der Waals surface area contributed by atoms with Crippen molar-refractivity contribution in [3.05, 3.63) is 174 Å². The predicted molar refractivity (Wildman–Crippen MR) is 399 cm³/mol. The third-order valence-electron chi connectivity index (χ3n) is 15.1. The summed E-state index contributed by atoms with van der Waals surface area (Å²) in [5.74, 6) is -3.46. The molecule has 12 rings (SSSR count). The number of aromatic carboxylic acids is 1. The number of nitrogens with two attached hydrogens (primary N) is 5. The van der Waals surface area contributed by atoms with E-state index in [4.69, 9.17) is 35.1 Å². The number of allylic oxidation sites excluding steroid dienone is 4. The number of nitrogens with zero attached hydrogens (tertiary/aromatic N) is 16. The summed E-state index contributed by atoms with van der Waals surface area (Å²) in [4.78, 5) is 132. The molecule has 0 aliphatic rings. The SMILES string of the molecule is CCn1nc(C)cc1C(=O)Nc1nc2cc(C(N)=O)cc(C)c2n1C/C=C/Cn1c(N)nc2cc(C(N)=O)cnc21.CCn1nc(C)cc1C(=O)Nc1nc2cc(C(N)=O)cc(C)c2n1C/C=C/Cn1c(NC(=O)c2cnc(C)s2)nc2cc(C(N)=O)cnc21.Cc1ncc(C(=O)O)s1.Cl.Cl.Cl.[3H][B].[U]. The molecule has 7 amide bonds. The van der Waals surface area contributed by atoms with Gasteiger partial charge in [-0.15, -0.1) is 59.9 Å². The van der Waals surface area contributed by atoms with E-state index in [2.05, 4.69) is 74.4 Å². The van der Waals surface area contributed by atoms with Crippen LogP contribution >= 0.6 is 59.9 Å². The predicted octanol–water partition coefficient (Wildman–Crippen LogP) is 7.01. The zero-order chi connectivity index (χ0) is 73.3. The minimum absolute atomic E-state index is 0. The Morgan fingerprint density at radius 1 is 0.481 bits per heavy atom. The number of nitrogen functional groups attached to an aromatic ring is 1. The van der Waals surface area contributed by atoms with Crippen LogP contribution in [0.4, 0.5) is 23.8 Å². The van der Waals surface area contributed by atoms with Gasteiger partial charge in [-0.3, -0.25) is 68.0 Å². The molecule has 0 atom stereocenters. The first-order valence-corrected chi connectivity index (χ1v) is 31.9. The van der Waals surface area contributed by atoms with Gasteiger partial charge >= 0.3 is 5.97 Å². The van der Waals surface area contributed by atoms with Gasteiger partial charge in [-0.2, -0.15) is 10.2 Å². The molecular weight excluding hydrogens is 1670 g/mol. The Bertz CT molecular complexity index is 5330. The zero-order valence-corrected chi connectivity index (χ0v) is 65.1. The van der Waals surface area contributed by atoms with E-state index >= 15 is 0 Å². The van der Waals surface area contributed by atoms with Crippen molar-refractivity contribution in [1.82, 2.24) is 77.7 Å². The summed E-state index contributed by atoms with van der Waals surface area (Å²) < 4.78 is 15.5. The minimum atomic E-state index is -0.902. The summed E-state index contributed by atoms with van der Waals surface area (Å²) in [5.41, 5.74) is 36.9. The summed E-state index contributed by atoms with van der Waals surface area (Å²) in [6.45, 7) is 16.9. The molecule has 40 heteroatoms. The number of pyridine rings is 2. The van der Waals surface area contributed by atoms with Crippen LogP contribution in [-0.2, 0) is 39.3 Å². The molecule has 0 fully saturated rings. The minimum Gasteiger partial charge on any atom is -0.477 e. The quantitative estimate of drug-likeness (QED) is 0.0258. The van der Waals surface area contributed by atoms with E-state index in [1.165, 1.54) is 53.5 Å². The Morgan fingerprint density at radius 2 is 0.837 bits per heavy atom. The number of anilines is 4. The Kier molecular flexibility index (Phi) is 28.5. The third-order valence-corrected chi connectivity index (χ3v) is 16.9. The molecule has 10 heterocycles. The van der Waals surface area contributed by atoms with Gasteiger partial charge in [0.15, 0.2) is 11.3 Å². The number of benzene rings is 2. The summed E-state index contributed by atoms with van der Waals surface area (Å²) in [5, 5.41) is 27.2. The Hall–Kier alpha value is -10.7. The van der Waals surface area contributed by atoms with E-state index in [-0.39, 0.29) is 116 Å². The maximum absolute atomic E-state index is 13.4. The van der Waals surface area contributed by atoms with Gasteiger partial charge in [0.1, 0.15) is 32.2 Å². The van der Waals surface area contributed by atoms with E-state index in [1.807, 2.05) is 75.0 Å². The molecule has 2 radical (unpaired) electrons. The summed E-state index contributed by atoms with van der Waals surface area (Å²) >= 11 is 2.43. The summed E-state index contributed by atoms with van der Waals surface area (Å²) in [7, 11) is 3.75. The number of fused-ring (bicyclic) bond motifs is 4. The van der Waals surface area contributed by atoms with E-state index in [9.17, 15) is 38.4 Å². The van der Waals surface area contributed by atoms with Crippen LogP contribution in [0.1, 0.15) is 128 Å². The molecule has 0 saturated heterocycles. The Labute approximate surface area is 645 Å². The molecule has 2 aromatic carbocycles. The van der Waals surface area contributed by atoms with E-state index in [0.717, 1.165) is 32.4 Å². The number of thiazole rings is 2. The number of carboxylic acids is 1. The standard InChI is InChI=1S/C32H32N12O4S.C27H29N11O3.C5H5NO2S.BH.3ClH.U/c1-5-44-23(11-17(3)41-44)29(47)39-31-37-21-12-19(26(33)45)10-16(2)25(21)42(31)8-6-7-9-43-28-22(13-20(14-36-28)27(34)46)38-32(43)40-30(48)24-15-35-18(4)49-24;1-4-38-20(10-15(3)35-38)25(41)34-27-33-18-11-16(22(28)39)9-14(2)21(18)36(27)7-5-6-8-37-24-19(32-26(37)30)12-17(13-31-24)23(29)40;1-3-6-2-4(9-3)5(7)8;;;;;/h6-7,10-15H,5,8-9H2,1-4H3,(H2,33,45)(H2,34,46)(H,37,39,47)(H,38,40,48);5-6,9-13H,4,7-8H2,1-3H3,(H2,28,39)(H2,29,40)(H2,30,32)(H,33,34,41);2H,1H3,(H,7,8);4*1H;/b7-6+;6-5+;;;;;;/i;;;1T;;;;. The maximum Gasteiger partial charge on any atom is 0.347 e. The first kappa shape index (κ1) is 82.3. The van der Waals surface area contributed by atoms with Gasteiger partial charge < -0.3 is 42.9 Å². The van der Waals surface area contributed by atoms with Gasteiger partial charge in [0.05, 0.1) is 67.0 Å². The molecule has 0 bridgehead atoms. The van der Waals surface area contributed by atoms with Gasteiger partial charge in [-0.1, -0.05) is 24.3 Å². The Morgan fingerprint density at radius 3 is 1.22 bits per heavy atom. The monoisotopic (exact) mass is 1740 g/mol. The van der Waals surface area contributed by atoms with Gasteiger partial charge in [0, 0.05) is 102 Å². The van der Waals surface area contributed by atoms with E-state index in [0.29, 0.717) is 109 Å². The largest absolute Gasteiger partial charge is 0.477 e. The number of hydrogen-bond donors (Lipinski definition) is 9. The van der Waals surface area contributed by atoms with Crippen molar-refractivity contribution < 1.29 is 74.6 Å². The van der Waals surface area contributed by atoms with Crippen molar-refractivity contribution in [3.63, 3.8) is 0 Å². The maximum atomic E-state index is 13.4. The number of hydrogen-bond acceptors (Lipinski definition) is 21. The molecule has 0 aliphatic heterocycles. The van der Waals surface area contributed by atoms with Crippen molar-refractivity contribution in [1.29, 1.82) is 1.34 Å². The van der Waals surface area contributed by atoms with Crippen LogP contribution in [0.15, 0.2) is 97.6 Å². The van der Waals surface area contributed by atoms with Crippen LogP contribution in [0, 0.1) is 72.7 Å².